The fourth-order valence-electron chi connectivity index (χ4n) is 3.25. The molecule has 1 nitrogen and oxygen atoms in total. The lowest BCUT2D eigenvalue weighted by Crippen LogP contribution is -2.45. The van der Waals surface area contributed by atoms with Gasteiger partial charge < -0.3 is 5.32 Å². The summed E-state index contributed by atoms with van der Waals surface area (Å²) in [4.78, 5) is 0. The van der Waals surface area contributed by atoms with E-state index in [1.165, 1.54) is 19.3 Å². The zero-order valence-corrected chi connectivity index (χ0v) is 11.2. The predicted molar refractivity (Wildman–Crippen MR) is 68.0 cm³/mol. The lowest BCUT2D eigenvalue weighted by atomic mass is 9.68. The molecule has 1 N–H and O–H groups in total. The zero-order chi connectivity index (χ0) is 11.4. The van der Waals surface area contributed by atoms with Crippen molar-refractivity contribution in [2.24, 2.45) is 23.7 Å². The van der Waals surface area contributed by atoms with Crippen molar-refractivity contribution in [2.75, 3.05) is 6.54 Å². The Kier molecular flexibility index (Phi) is 5.11. The number of hydrogen-bond donors (Lipinski definition) is 1. The highest BCUT2D eigenvalue weighted by Gasteiger charge is 2.33. The summed E-state index contributed by atoms with van der Waals surface area (Å²) in [5.41, 5.74) is 0. The molecule has 0 aromatic rings. The SMILES string of the molecule is CCNC(C(C)C)C1CCCC(C)C1C. The maximum atomic E-state index is 3.70. The fraction of sp³-hybridized carbons (Fsp3) is 1.00. The van der Waals surface area contributed by atoms with Crippen LogP contribution in [0.2, 0.25) is 0 Å². The molecule has 1 fully saturated rings. The summed E-state index contributed by atoms with van der Waals surface area (Å²) < 4.78 is 0. The minimum Gasteiger partial charge on any atom is -0.314 e. The Bertz CT molecular complexity index is 176. The molecule has 0 spiro atoms. The van der Waals surface area contributed by atoms with Crippen LogP contribution < -0.4 is 5.32 Å². The molecule has 0 heterocycles. The van der Waals surface area contributed by atoms with Gasteiger partial charge in [-0.3, -0.25) is 0 Å². The first kappa shape index (κ1) is 13.0. The quantitative estimate of drug-likeness (QED) is 0.748. The van der Waals surface area contributed by atoms with Crippen LogP contribution >= 0.6 is 0 Å². The molecule has 0 aliphatic heterocycles. The summed E-state index contributed by atoms with van der Waals surface area (Å²) in [6.45, 7) is 13.0. The zero-order valence-electron chi connectivity index (χ0n) is 11.2. The smallest absolute Gasteiger partial charge is 0.0121 e. The highest BCUT2D eigenvalue weighted by Crippen LogP contribution is 2.37. The van der Waals surface area contributed by atoms with Crippen LogP contribution in [0.3, 0.4) is 0 Å². The Balaban J connectivity index is 2.64. The van der Waals surface area contributed by atoms with Crippen LogP contribution in [0.5, 0.6) is 0 Å². The van der Waals surface area contributed by atoms with Crippen molar-refractivity contribution >= 4 is 0 Å². The van der Waals surface area contributed by atoms with E-state index in [2.05, 4.69) is 39.9 Å². The van der Waals surface area contributed by atoms with Gasteiger partial charge in [0, 0.05) is 6.04 Å². The Hall–Kier alpha value is -0.0400. The van der Waals surface area contributed by atoms with E-state index in [1.807, 2.05) is 0 Å². The van der Waals surface area contributed by atoms with Gasteiger partial charge in [0.1, 0.15) is 0 Å². The van der Waals surface area contributed by atoms with Gasteiger partial charge in [-0.05, 0) is 36.6 Å². The van der Waals surface area contributed by atoms with E-state index < -0.39 is 0 Å². The summed E-state index contributed by atoms with van der Waals surface area (Å²) in [6, 6.07) is 0.729. The Morgan fingerprint density at radius 3 is 2.40 bits per heavy atom. The van der Waals surface area contributed by atoms with E-state index in [1.54, 1.807) is 0 Å². The average Bonchev–Trinajstić information content (AvgIpc) is 2.19. The maximum absolute atomic E-state index is 3.70. The van der Waals surface area contributed by atoms with Crippen LogP contribution in [0, 0.1) is 23.7 Å². The first-order chi connectivity index (χ1) is 7.07. The van der Waals surface area contributed by atoms with Crippen molar-refractivity contribution in [2.45, 2.75) is 59.9 Å². The lowest BCUT2D eigenvalue weighted by molar-refractivity contribution is 0.119. The molecular weight excluding hydrogens is 182 g/mol. The fourth-order valence-corrected chi connectivity index (χ4v) is 3.25. The predicted octanol–water partition coefficient (Wildman–Crippen LogP) is 3.69. The molecule has 1 heteroatoms. The largest absolute Gasteiger partial charge is 0.314 e. The van der Waals surface area contributed by atoms with Crippen LogP contribution in [-0.2, 0) is 0 Å². The standard InChI is InChI=1S/C14H29N/c1-6-15-14(10(2)3)13-9-7-8-11(4)12(13)5/h10-15H,6-9H2,1-5H3. The molecule has 0 saturated heterocycles. The maximum Gasteiger partial charge on any atom is 0.0121 e. The van der Waals surface area contributed by atoms with Crippen molar-refractivity contribution in [3.05, 3.63) is 0 Å². The van der Waals surface area contributed by atoms with Crippen LogP contribution in [0.4, 0.5) is 0 Å². The number of rotatable bonds is 4. The number of nitrogens with one attached hydrogen (secondary N) is 1. The van der Waals surface area contributed by atoms with Crippen LogP contribution in [0.1, 0.15) is 53.9 Å². The Morgan fingerprint density at radius 1 is 1.20 bits per heavy atom. The van der Waals surface area contributed by atoms with Gasteiger partial charge in [-0.25, -0.2) is 0 Å². The van der Waals surface area contributed by atoms with Gasteiger partial charge in [0.2, 0.25) is 0 Å². The molecule has 4 atom stereocenters. The number of hydrogen-bond acceptors (Lipinski definition) is 1. The molecule has 0 amide bonds. The normalized spacial score (nSPS) is 34.4. The molecular formula is C14H29N. The molecule has 0 bridgehead atoms. The third-order valence-electron chi connectivity index (χ3n) is 4.39. The second-order valence-electron chi connectivity index (χ2n) is 5.76. The molecule has 1 aliphatic carbocycles. The summed E-state index contributed by atoms with van der Waals surface area (Å²) in [7, 11) is 0. The van der Waals surface area contributed by atoms with Crippen molar-refractivity contribution < 1.29 is 0 Å². The Labute approximate surface area is 96.0 Å². The lowest BCUT2D eigenvalue weighted by Gasteiger charge is -2.41. The molecule has 0 aromatic heterocycles. The summed E-state index contributed by atoms with van der Waals surface area (Å²) in [5, 5.41) is 3.70. The van der Waals surface area contributed by atoms with Gasteiger partial charge >= 0.3 is 0 Å². The summed E-state index contributed by atoms with van der Waals surface area (Å²) in [5.74, 6) is 3.48. The molecule has 0 radical (unpaired) electrons. The molecule has 90 valence electrons. The topological polar surface area (TPSA) is 12.0 Å². The third-order valence-corrected chi connectivity index (χ3v) is 4.39. The molecule has 15 heavy (non-hydrogen) atoms. The van der Waals surface area contributed by atoms with Crippen molar-refractivity contribution in [3.8, 4) is 0 Å². The van der Waals surface area contributed by atoms with Gasteiger partial charge in [-0.1, -0.05) is 47.5 Å². The van der Waals surface area contributed by atoms with Crippen molar-refractivity contribution in [1.29, 1.82) is 0 Å². The highest BCUT2D eigenvalue weighted by molar-refractivity contribution is 4.87. The van der Waals surface area contributed by atoms with Gasteiger partial charge in [-0.15, -0.1) is 0 Å². The van der Waals surface area contributed by atoms with Gasteiger partial charge in [0.15, 0.2) is 0 Å². The van der Waals surface area contributed by atoms with Crippen molar-refractivity contribution in [3.63, 3.8) is 0 Å². The molecule has 4 unspecified atom stereocenters. The summed E-state index contributed by atoms with van der Waals surface area (Å²) >= 11 is 0. The Morgan fingerprint density at radius 2 is 1.87 bits per heavy atom. The second-order valence-corrected chi connectivity index (χ2v) is 5.76. The highest BCUT2D eigenvalue weighted by atomic mass is 14.9. The molecule has 1 rings (SSSR count). The van der Waals surface area contributed by atoms with E-state index in [-0.39, 0.29) is 0 Å². The van der Waals surface area contributed by atoms with Gasteiger partial charge in [-0.2, -0.15) is 0 Å². The van der Waals surface area contributed by atoms with Gasteiger partial charge in [0.05, 0.1) is 0 Å². The van der Waals surface area contributed by atoms with Crippen molar-refractivity contribution in [1.82, 2.24) is 5.32 Å². The second kappa shape index (κ2) is 5.89. The van der Waals surface area contributed by atoms with E-state index in [0.29, 0.717) is 0 Å². The first-order valence-corrected chi connectivity index (χ1v) is 6.81. The van der Waals surface area contributed by atoms with Crippen LogP contribution in [0.25, 0.3) is 0 Å². The van der Waals surface area contributed by atoms with Gasteiger partial charge in [0.25, 0.3) is 0 Å². The van der Waals surface area contributed by atoms with E-state index >= 15 is 0 Å². The minimum atomic E-state index is 0.729. The van der Waals surface area contributed by atoms with E-state index in [0.717, 1.165) is 36.3 Å². The molecule has 1 aliphatic rings. The first-order valence-electron chi connectivity index (χ1n) is 6.81. The monoisotopic (exact) mass is 211 g/mol. The molecule has 0 aromatic carbocycles. The van der Waals surface area contributed by atoms with Crippen LogP contribution in [0.15, 0.2) is 0 Å². The van der Waals surface area contributed by atoms with E-state index in [9.17, 15) is 0 Å². The summed E-state index contributed by atoms with van der Waals surface area (Å²) in [6.07, 6.45) is 4.31. The molecule has 1 saturated carbocycles. The van der Waals surface area contributed by atoms with E-state index in [4.69, 9.17) is 0 Å². The minimum absolute atomic E-state index is 0.729. The third kappa shape index (κ3) is 3.21. The van der Waals surface area contributed by atoms with Crippen LogP contribution in [-0.4, -0.2) is 12.6 Å². The average molecular weight is 211 g/mol.